The van der Waals surface area contributed by atoms with Crippen LogP contribution in [0.2, 0.25) is 0 Å². The molecule has 0 saturated carbocycles. The molecule has 1 atom stereocenters. The summed E-state index contributed by atoms with van der Waals surface area (Å²) in [5, 5.41) is 2.68. The zero-order valence-corrected chi connectivity index (χ0v) is 14.0. The highest BCUT2D eigenvalue weighted by Crippen LogP contribution is 2.16. The summed E-state index contributed by atoms with van der Waals surface area (Å²) in [6, 6.07) is 8.81. The molecule has 0 spiro atoms. The third-order valence-corrected chi connectivity index (χ3v) is 3.20. The summed E-state index contributed by atoms with van der Waals surface area (Å²) in [5.41, 5.74) is 0.819. The second-order valence-electron chi connectivity index (χ2n) is 5.74. The Balaban J connectivity index is 2.90. The van der Waals surface area contributed by atoms with Crippen molar-refractivity contribution in [3.63, 3.8) is 0 Å². The van der Waals surface area contributed by atoms with E-state index in [0.29, 0.717) is 6.54 Å². The van der Waals surface area contributed by atoms with Crippen LogP contribution in [0.15, 0.2) is 30.3 Å². The average Bonchev–Trinajstić information content (AvgIpc) is 2.45. The van der Waals surface area contributed by atoms with Crippen molar-refractivity contribution in [2.45, 2.75) is 46.8 Å². The van der Waals surface area contributed by atoms with Gasteiger partial charge < -0.3 is 15.0 Å². The lowest BCUT2D eigenvalue weighted by Crippen LogP contribution is -2.51. The fourth-order valence-corrected chi connectivity index (χ4v) is 2.13. The van der Waals surface area contributed by atoms with Gasteiger partial charge in [-0.15, -0.1) is 0 Å². The van der Waals surface area contributed by atoms with Crippen molar-refractivity contribution in [2.24, 2.45) is 5.92 Å². The molecule has 0 bridgehead atoms. The summed E-state index contributed by atoms with van der Waals surface area (Å²) in [6.07, 6.45) is -0.787. The van der Waals surface area contributed by atoms with E-state index >= 15 is 0 Å². The van der Waals surface area contributed by atoms with E-state index in [1.807, 2.05) is 51.1 Å². The Labute approximate surface area is 132 Å². The average molecular weight is 306 g/mol. The minimum atomic E-state index is -0.619. The van der Waals surface area contributed by atoms with Crippen LogP contribution in [0.25, 0.3) is 0 Å². The van der Waals surface area contributed by atoms with Crippen molar-refractivity contribution in [2.75, 3.05) is 11.4 Å². The lowest BCUT2D eigenvalue weighted by molar-refractivity contribution is -0.121. The molecule has 122 valence electrons. The van der Waals surface area contributed by atoms with Crippen LogP contribution in [0.1, 0.15) is 34.6 Å². The first-order chi connectivity index (χ1) is 10.4. The van der Waals surface area contributed by atoms with Gasteiger partial charge in [-0.25, -0.2) is 4.79 Å². The van der Waals surface area contributed by atoms with E-state index in [1.165, 1.54) is 0 Å². The number of ether oxygens (including phenoxy) is 1. The van der Waals surface area contributed by atoms with Gasteiger partial charge in [-0.1, -0.05) is 32.0 Å². The molecule has 1 aromatic rings. The minimum absolute atomic E-state index is 0.0371. The molecule has 0 fully saturated rings. The first-order valence-electron chi connectivity index (χ1n) is 7.70. The van der Waals surface area contributed by atoms with Gasteiger partial charge in [0.2, 0.25) is 5.91 Å². The van der Waals surface area contributed by atoms with Crippen molar-refractivity contribution < 1.29 is 14.3 Å². The predicted octanol–water partition coefficient (Wildman–Crippen LogP) is 3.20. The Bertz CT molecular complexity index is 486. The van der Waals surface area contributed by atoms with E-state index < -0.39 is 12.1 Å². The maximum absolute atomic E-state index is 12.8. The number of nitrogens with zero attached hydrogens (tertiary/aromatic N) is 1. The molecule has 0 aromatic heterocycles. The van der Waals surface area contributed by atoms with Gasteiger partial charge in [0.25, 0.3) is 0 Å². The van der Waals surface area contributed by atoms with Crippen molar-refractivity contribution in [3.8, 4) is 0 Å². The molecule has 0 aliphatic carbocycles. The highest BCUT2D eigenvalue weighted by atomic mass is 16.6. The van der Waals surface area contributed by atoms with Crippen molar-refractivity contribution in [1.29, 1.82) is 0 Å². The van der Waals surface area contributed by atoms with Crippen LogP contribution in [0.3, 0.4) is 0 Å². The maximum atomic E-state index is 12.8. The number of anilines is 1. The van der Waals surface area contributed by atoms with Gasteiger partial charge >= 0.3 is 6.09 Å². The molecule has 0 aliphatic rings. The van der Waals surface area contributed by atoms with Crippen LogP contribution in [-0.2, 0) is 9.53 Å². The first-order valence-corrected chi connectivity index (χ1v) is 7.70. The van der Waals surface area contributed by atoms with Crippen molar-refractivity contribution in [1.82, 2.24) is 5.32 Å². The third kappa shape index (κ3) is 5.06. The molecular weight excluding hydrogens is 280 g/mol. The second kappa shape index (κ2) is 8.41. The van der Waals surface area contributed by atoms with Crippen LogP contribution in [0.4, 0.5) is 10.5 Å². The Morgan fingerprint density at radius 1 is 1.14 bits per heavy atom. The normalized spacial score (nSPS) is 12.1. The monoisotopic (exact) mass is 306 g/mol. The molecule has 1 aromatic carbocycles. The Hall–Kier alpha value is -2.04. The van der Waals surface area contributed by atoms with E-state index in [0.717, 1.165) is 5.69 Å². The van der Waals surface area contributed by atoms with Crippen LogP contribution >= 0.6 is 0 Å². The molecule has 22 heavy (non-hydrogen) atoms. The van der Waals surface area contributed by atoms with E-state index in [2.05, 4.69) is 5.32 Å². The molecule has 0 unspecified atom stereocenters. The fraction of sp³-hybridized carbons (Fsp3) is 0.529. The van der Waals surface area contributed by atoms with Crippen LogP contribution in [0.5, 0.6) is 0 Å². The minimum Gasteiger partial charge on any atom is -0.447 e. The summed E-state index contributed by atoms with van der Waals surface area (Å²) >= 11 is 0. The zero-order chi connectivity index (χ0) is 16.7. The molecule has 5 heteroatoms. The maximum Gasteiger partial charge on any atom is 0.408 e. The number of carbonyl (C=O) groups excluding carboxylic acids is 2. The summed E-state index contributed by atoms with van der Waals surface area (Å²) in [4.78, 5) is 26.3. The Morgan fingerprint density at radius 2 is 1.73 bits per heavy atom. The van der Waals surface area contributed by atoms with E-state index in [1.54, 1.807) is 18.7 Å². The standard InChI is InChI=1S/C17H26N2O3/c1-6-19(14-10-8-7-9-11-14)16(20)15(12(2)3)18-17(21)22-13(4)5/h7-13,15H,6H2,1-5H3,(H,18,21)/t15-/m0/s1. The Kier molecular flexibility index (Phi) is 6.89. The first kappa shape index (κ1) is 18.0. The molecule has 1 rings (SSSR count). The molecule has 0 aliphatic heterocycles. The van der Waals surface area contributed by atoms with Gasteiger partial charge in [0.1, 0.15) is 6.04 Å². The molecule has 0 radical (unpaired) electrons. The van der Waals surface area contributed by atoms with Gasteiger partial charge in [-0.3, -0.25) is 4.79 Å². The van der Waals surface area contributed by atoms with Crippen molar-refractivity contribution >= 4 is 17.7 Å². The van der Waals surface area contributed by atoms with Crippen LogP contribution in [0, 0.1) is 5.92 Å². The highest BCUT2D eigenvalue weighted by Gasteiger charge is 2.29. The third-order valence-electron chi connectivity index (χ3n) is 3.20. The number of alkyl carbamates (subject to hydrolysis) is 1. The number of nitrogens with one attached hydrogen (secondary N) is 1. The number of hydrogen-bond donors (Lipinski definition) is 1. The molecular formula is C17H26N2O3. The summed E-state index contributed by atoms with van der Waals surface area (Å²) in [7, 11) is 0. The SMILES string of the molecule is CCN(C(=O)[C@@H](NC(=O)OC(C)C)C(C)C)c1ccccc1. The van der Waals surface area contributed by atoms with Gasteiger partial charge in [0.15, 0.2) is 0 Å². The van der Waals surface area contributed by atoms with Gasteiger partial charge in [0, 0.05) is 12.2 Å². The summed E-state index contributed by atoms with van der Waals surface area (Å²) < 4.78 is 5.08. The number of para-hydroxylation sites is 1. The van der Waals surface area contributed by atoms with E-state index in [-0.39, 0.29) is 17.9 Å². The second-order valence-corrected chi connectivity index (χ2v) is 5.74. The van der Waals surface area contributed by atoms with Crippen LogP contribution < -0.4 is 10.2 Å². The molecule has 1 N–H and O–H groups in total. The molecule has 2 amide bonds. The molecule has 0 heterocycles. The summed E-state index contributed by atoms with van der Waals surface area (Å²) in [5.74, 6) is -0.172. The lowest BCUT2D eigenvalue weighted by Gasteiger charge is -2.29. The largest absolute Gasteiger partial charge is 0.447 e. The highest BCUT2D eigenvalue weighted by molar-refractivity contribution is 5.98. The van der Waals surface area contributed by atoms with Gasteiger partial charge in [0.05, 0.1) is 6.10 Å². The summed E-state index contributed by atoms with van der Waals surface area (Å²) in [6.45, 7) is 9.79. The number of likely N-dealkylation sites (N-methyl/N-ethyl adjacent to an activating group) is 1. The fourth-order valence-electron chi connectivity index (χ4n) is 2.13. The van der Waals surface area contributed by atoms with Gasteiger partial charge in [-0.2, -0.15) is 0 Å². The number of carbonyl (C=O) groups is 2. The zero-order valence-electron chi connectivity index (χ0n) is 14.0. The lowest BCUT2D eigenvalue weighted by atomic mass is 10.0. The van der Waals surface area contributed by atoms with Crippen molar-refractivity contribution in [3.05, 3.63) is 30.3 Å². The Morgan fingerprint density at radius 3 is 2.18 bits per heavy atom. The molecule has 0 saturated heterocycles. The number of rotatable bonds is 6. The topological polar surface area (TPSA) is 58.6 Å². The molecule has 5 nitrogen and oxygen atoms in total. The van der Waals surface area contributed by atoms with E-state index in [4.69, 9.17) is 4.74 Å². The van der Waals surface area contributed by atoms with Crippen LogP contribution in [-0.4, -0.2) is 30.7 Å². The smallest absolute Gasteiger partial charge is 0.408 e. The quantitative estimate of drug-likeness (QED) is 0.878. The number of amides is 2. The van der Waals surface area contributed by atoms with Gasteiger partial charge in [-0.05, 0) is 38.8 Å². The van der Waals surface area contributed by atoms with E-state index in [9.17, 15) is 9.59 Å². The number of hydrogen-bond acceptors (Lipinski definition) is 3. The number of benzene rings is 1. The predicted molar refractivity (Wildman–Crippen MR) is 87.8 cm³/mol.